The smallest absolute Gasteiger partial charge is 0.309 e. The third-order valence-electron chi connectivity index (χ3n) is 2.74. The average molecular weight is 266 g/mol. The summed E-state index contributed by atoms with van der Waals surface area (Å²) in [6, 6.07) is 0. The van der Waals surface area contributed by atoms with Crippen molar-refractivity contribution in [2.75, 3.05) is 12.8 Å². The Balaban J connectivity index is 4.43. The van der Waals surface area contributed by atoms with Crippen molar-refractivity contribution in [1.29, 1.82) is 0 Å². The summed E-state index contributed by atoms with van der Waals surface area (Å²) >= 11 is 0. The molecular formula is C11H23O5P. The molecule has 102 valence electrons. The third kappa shape index (κ3) is 5.66. The Kier molecular flexibility index (Phi) is 6.98. The van der Waals surface area contributed by atoms with Crippen molar-refractivity contribution < 1.29 is 24.1 Å². The molecule has 2 N–H and O–H groups in total. The minimum atomic E-state index is -3.30. The number of rotatable bonds is 7. The van der Waals surface area contributed by atoms with E-state index < -0.39 is 31.0 Å². The summed E-state index contributed by atoms with van der Waals surface area (Å²) in [5, 5.41) is 8.98. The Hall–Kier alpha value is -0.380. The van der Waals surface area contributed by atoms with E-state index in [1.165, 1.54) is 6.92 Å². The van der Waals surface area contributed by atoms with Crippen LogP contribution in [0, 0.1) is 5.92 Å². The van der Waals surface area contributed by atoms with E-state index in [0.29, 0.717) is 6.42 Å². The first kappa shape index (κ1) is 16.6. The van der Waals surface area contributed by atoms with Gasteiger partial charge in [-0.1, -0.05) is 20.8 Å². The van der Waals surface area contributed by atoms with Crippen LogP contribution in [0.15, 0.2) is 0 Å². The summed E-state index contributed by atoms with van der Waals surface area (Å²) in [5.74, 6) is -1.18. The van der Waals surface area contributed by atoms with Crippen molar-refractivity contribution >= 4 is 13.3 Å². The summed E-state index contributed by atoms with van der Waals surface area (Å²) in [4.78, 5) is 21.4. The third-order valence-corrected chi connectivity index (χ3v) is 5.55. The summed E-state index contributed by atoms with van der Waals surface area (Å²) in [6.07, 6.45) is 0.0912. The molecule has 0 amide bonds. The van der Waals surface area contributed by atoms with Gasteiger partial charge >= 0.3 is 5.97 Å². The van der Waals surface area contributed by atoms with E-state index in [1.807, 2.05) is 6.92 Å². The molecule has 4 unspecified atom stereocenters. The molecule has 0 bridgehead atoms. The molecule has 0 fully saturated rings. The van der Waals surface area contributed by atoms with Crippen LogP contribution in [0.2, 0.25) is 0 Å². The molecule has 0 rings (SSSR count). The van der Waals surface area contributed by atoms with Gasteiger partial charge in [0.2, 0.25) is 7.37 Å². The number of aliphatic hydroxyl groups is 1. The lowest BCUT2D eigenvalue weighted by Gasteiger charge is -2.23. The fraction of sp³-hybridized carbons (Fsp3) is 0.909. The second kappa shape index (κ2) is 7.14. The first-order valence-corrected chi connectivity index (χ1v) is 7.80. The quantitative estimate of drug-likeness (QED) is 0.540. The molecule has 0 saturated carbocycles. The molecule has 0 aromatic carbocycles. The van der Waals surface area contributed by atoms with Crippen molar-refractivity contribution in [2.45, 2.75) is 45.9 Å². The fourth-order valence-corrected chi connectivity index (χ4v) is 3.27. The molecule has 6 heteroatoms. The van der Waals surface area contributed by atoms with E-state index in [9.17, 15) is 14.3 Å². The molecule has 0 aromatic heterocycles. The maximum Gasteiger partial charge on any atom is 0.309 e. The van der Waals surface area contributed by atoms with Gasteiger partial charge in [0.25, 0.3) is 0 Å². The van der Waals surface area contributed by atoms with Gasteiger partial charge in [-0.15, -0.1) is 0 Å². The van der Waals surface area contributed by atoms with Crippen LogP contribution in [0.1, 0.15) is 34.1 Å². The van der Waals surface area contributed by atoms with Gasteiger partial charge < -0.3 is 14.7 Å². The summed E-state index contributed by atoms with van der Waals surface area (Å²) < 4.78 is 16.7. The van der Waals surface area contributed by atoms with Crippen molar-refractivity contribution in [1.82, 2.24) is 0 Å². The molecule has 17 heavy (non-hydrogen) atoms. The number of ether oxygens (including phenoxy) is 1. The molecule has 0 radical (unpaired) electrons. The highest BCUT2D eigenvalue weighted by atomic mass is 31.2. The normalized spacial score (nSPS) is 20.1. The predicted octanol–water partition coefficient (Wildman–Crippen LogP) is 1.62. The van der Waals surface area contributed by atoms with Crippen LogP contribution >= 0.6 is 7.37 Å². The maximum absolute atomic E-state index is 11.9. The highest BCUT2D eigenvalue weighted by molar-refractivity contribution is 7.58. The fourth-order valence-electron chi connectivity index (χ4n) is 1.40. The van der Waals surface area contributed by atoms with Crippen molar-refractivity contribution in [2.24, 2.45) is 5.92 Å². The monoisotopic (exact) mass is 266 g/mol. The van der Waals surface area contributed by atoms with Gasteiger partial charge in [-0.2, -0.15) is 0 Å². The van der Waals surface area contributed by atoms with Crippen molar-refractivity contribution in [3.8, 4) is 0 Å². The van der Waals surface area contributed by atoms with E-state index >= 15 is 0 Å². The SMILES string of the molecule is CCCP(=O)(O)C(C)C(C)C(=O)OCC(C)O. The van der Waals surface area contributed by atoms with Crippen LogP contribution in [-0.2, 0) is 14.1 Å². The Bertz CT molecular complexity index is 290. The van der Waals surface area contributed by atoms with E-state index in [1.54, 1.807) is 13.8 Å². The van der Waals surface area contributed by atoms with Gasteiger partial charge in [0.15, 0.2) is 0 Å². The Morgan fingerprint density at radius 2 is 1.88 bits per heavy atom. The van der Waals surface area contributed by atoms with Gasteiger partial charge in [-0.25, -0.2) is 0 Å². The van der Waals surface area contributed by atoms with Crippen LogP contribution in [-0.4, -0.2) is 40.5 Å². The minimum Gasteiger partial charge on any atom is -0.463 e. The van der Waals surface area contributed by atoms with Crippen LogP contribution in [0.3, 0.4) is 0 Å². The van der Waals surface area contributed by atoms with Crippen molar-refractivity contribution in [3.63, 3.8) is 0 Å². The summed E-state index contributed by atoms with van der Waals surface area (Å²) in [7, 11) is -3.30. The van der Waals surface area contributed by atoms with Gasteiger partial charge in [-0.3, -0.25) is 9.36 Å². The van der Waals surface area contributed by atoms with Gasteiger partial charge in [0, 0.05) is 11.8 Å². The topological polar surface area (TPSA) is 83.8 Å². The Morgan fingerprint density at radius 1 is 1.35 bits per heavy atom. The minimum absolute atomic E-state index is 0.0839. The highest BCUT2D eigenvalue weighted by Crippen LogP contribution is 2.49. The number of aliphatic hydroxyl groups excluding tert-OH is 1. The van der Waals surface area contributed by atoms with E-state index in [4.69, 9.17) is 9.84 Å². The maximum atomic E-state index is 11.9. The average Bonchev–Trinajstić information content (AvgIpc) is 2.23. The largest absolute Gasteiger partial charge is 0.463 e. The Morgan fingerprint density at radius 3 is 2.29 bits per heavy atom. The zero-order valence-corrected chi connectivity index (χ0v) is 11.8. The number of carbonyl (C=O) groups excluding carboxylic acids is 1. The molecule has 0 aromatic rings. The lowest BCUT2D eigenvalue weighted by molar-refractivity contribution is -0.150. The molecule has 0 aliphatic carbocycles. The van der Waals surface area contributed by atoms with Crippen LogP contribution in [0.4, 0.5) is 0 Å². The number of carbonyl (C=O) groups is 1. The molecule has 0 aliphatic rings. The van der Waals surface area contributed by atoms with Crippen LogP contribution < -0.4 is 0 Å². The number of hydrogen-bond donors (Lipinski definition) is 2. The highest BCUT2D eigenvalue weighted by Gasteiger charge is 2.35. The molecule has 0 saturated heterocycles. The van der Waals surface area contributed by atoms with Crippen LogP contribution in [0.25, 0.3) is 0 Å². The van der Waals surface area contributed by atoms with E-state index in [2.05, 4.69) is 0 Å². The molecular weight excluding hydrogens is 243 g/mol. The second-order valence-electron chi connectivity index (χ2n) is 4.49. The summed E-state index contributed by atoms with van der Waals surface area (Å²) in [6.45, 7) is 6.42. The van der Waals surface area contributed by atoms with Gasteiger partial charge in [0.1, 0.15) is 6.61 Å². The summed E-state index contributed by atoms with van der Waals surface area (Å²) in [5.41, 5.74) is -0.621. The standard InChI is InChI=1S/C11H23O5P/c1-5-6-17(14,15)10(4)9(3)11(13)16-7-8(2)12/h8-10,12H,5-7H2,1-4H3,(H,14,15). The lowest BCUT2D eigenvalue weighted by Crippen LogP contribution is -2.28. The molecule has 4 atom stereocenters. The lowest BCUT2D eigenvalue weighted by atomic mass is 10.1. The number of hydrogen-bond acceptors (Lipinski definition) is 4. The zero-order valence-electron chi connectivity index (χ0n) is 10.9. The first-order valence-electron chi connectivity index (χ1n) is 5.88. The Labute approximate surface area is 103 Å². The second-order valence-corrected chi connectivity index (χ2v) is 7.26. The number of esters is 1. The molecule has 0 spiro atoms. The zero-order chi connectivity index (χ0) is 13.6. The molecule has 5 nitrogen and oxygen atoms in total. The van der Waals surface area contributed by atoms with E-state index in [0.717, 1.165) is 0 Å². The van der Waals surface area contributed by atoms with Crippen molar-refractivity contribution in [3.05, 3.63) is 0 Å². The van der Waals surface area contributed by atoms with E-state index in [-0.39, 0.29) is 12.8 Å². The van der Waals surface area contributed by atoms with Crippen LogP contribution in [0.5, 0.6) is 0 Å². The van der Waals surface area contributed by atoms with Gasteiger partial charge in [0.05, 0.1) is 12.0 Å². The first-order chi connectivity index (χ1) is 7.72. The van der Waals surface area contributed by atoms with Gasteiger partial charge in [-0.05, 0) is 13.3 Å². The predicted molar refractivity (Wildman–Crippen MR) is 66.2 cm³/mol. The molecule has 0 aliphatic heterocycles. The molecule has 0 heterocycles.